The van der Waals surface area contributed by atoms with Crippen LogP contribution in [0.5, 0.6) is 0 Å². The van der Waals surface area contributed by atoms with Crippen molar-refractivity contribution in [3.8, 4) is 0 Å². The molecule has 46 valence electrons. The van der Waals surface area contributed by atoms with Crippen LogP contribution in [0.2, 0.25) is 0 Å². The molecule has 0 aromatic carbocycles. The van der Waals surface area contributed by atoms with E-state index in [2.05, 4.69) is 19.1 Å². The van der Waals surface area contributed by atoms with Gasteiger partial charge in [0.15, 0.2) is 0 Å². The van der Waals surface area contributed by atoms with Crippen LogP contribution < -0.4 is 0 Å². The number of rotatable bonds is 1. The highest BCUT2D eigenvalue weighted by Crippen LogP contribution is 2.32. The smallest absolute Gasteiger partial charge is 0.0682 e. The summed E-state index contributed by atoms with van der Waals surface area (Å²) in [5, 5.41) is 0. The molecule has 0 aromatic heterocycles. The molecule has 1 heterocycles. The van der Waals surface area contributed by atoms with Crippen molar-refractivity contribution in [1.29, 1.82) is 0 Å². The topological polar surface area (TPSA) is 0 Å². The third kappa shape index (κ3) is 1.75. The summed E-state index contributed by atoms with van der Waals surface area (Å²) < 4.78 is 0.764. The van der Waals surface area contributed by atoms with Crippen LogP contribution in [-0.4, -0.2) is 16.1 Å². The summed E-state index contributed by atoms with van der Waals surface area (Å²) in [6.07, 6.45) is 4.40. The van der Waals surface area contributed by atoms with E-state index < -0.39 is 0 Å². The zero-order chi connectivity index (χ0) is 5.82. The minimum absolute atomic E-state index is 0.764. The summed E-state index contributed by atoms with van der Waals surface area (Å²) in [6.45, 7) is 2.08. The second-order valence-corrected chi connectivity index (χ2v) is 4.43. The molecule has 8 heavy (non-hydrogen) atoms. The first kappa shape index (κ1) is 6.56. The van der Waals surface area contributed by atoms with Gasteiger partial charge in [-0.25, -0.2) is 0 Å². The van der Waals surface area contributed by atoms with Gasteiger partial charge in [0, 0.05) is 11.5 Å². The Morgan fingerprint density at radius 3 is 2.50 bits per heavy atom. The zero-order valence-corrected chi connectivity index (χ0v) is 6.60. The SMILES string of the molecule is CC=CC1SCCS1. The van der Waals surface area contributed by atoms with Crippen molar-refractivity contribution in [2.45, 2.75) is 11.5 Å². The Balaban J connectivity index is 2.24. The van der Waals surface area contributed by atoms with Crippen LogP contribution in [0, 0.1) is 0 Å². The monoisotopic (exact) mass is 146 g/mol. The normalized spacial score (nSPS) is 23.1. The van der Waals surface area contributed by atoms with Gasteiger partial charge in [-0.05, 0) is 6.92 Å². The second-order valence-electron chi connectivity index (χ2n) is 1.64. The van der Waals surface area contributed by atoms with E-state index >= 15 is 0 Å². The highest BCUT2D eigenvalue weighted by atomic mass is 32.2. The van der Waals surface area contributed by atoms with Gasteiger partial charge in [0.25, 0.3) is 0 Å². The molecule has 1 aliphatic rings. The molecule has 0 N–H and O–H groups in total. The van der Waals surface area contributed by atoms with Crippen LogP contribution in [0.3, 0.4) is 0 Å². The average Bonchev–Trinajstić information content (AvgIpc) is 2.19. The molecule has 0 unspecified atom stereocenters. The summed E-state index contributed by atoms with van der Waals surface area (Å²) in [7, 11) is 0. The lowest BCUT2D eigenvalue weighted by molar-refractivity contribution is 1.59. The summed E-state index contributed by atoms with van der Waals surface area (Å²) in [4.78, 5) is 0. The van der Waals surface area contributed by atoms with Crippen LogP contribution >= 0.6 is 23.5 Å². The van der Waals surface area contributed by atoms with Gasteiger partial charge < -0.3 is 0 Å². The Hall–Kier alpha value is 0.440. The van der Waals surface area contributed by atoms with Crippen molar-refractivity contribution in [2.24, 2.45) is 0 Å². The van der Waals surface area contributed by atoms with Crippen molar-refractivity contribution in [1.82, 2.24) is 0 Å². The van der Waals surface area contributed by atoms with E-state index in [-0.39, 0.29) is 0 Å². The Morgan fingerprint density at radius 2 is 2.00 bits per heavy atom. The standard InChI is InChI=1S/C6H10S2/c1-2-3-6-7-4-5-8-6/h2-3,6H,4-5H2,1H3. The predicted octanol–water partition coefficient (Wildman–Crippen LogP) is 2.37. The first-order valence-corrected chi connectivity index (χ1v) is 4.89. The summed E-state index contributed by atoms with van der Waals surface area (Å²) in [6, 6.07) is 0. The number of hydrogen-bond acceptors (Lipinski definition) is 2. The quantitative estimate of drug-likeness (QED) is 0.521. The predicted molar refractivity (Wildman–Crippen MR) is 43.5 cm³/mol. The van der Waals surface area contributed by atoms with Crippen molar-refractivity contribution in [3.63, 3.8) is 0 Å². The van der Waals surface area contributed by atoms with Crippen LogP contribution in [0.15, 0.2) is 12.2 Å². The van der Waals surface area contributed by atoms with Crippen LogP contribution in [0.4, 0.5) is 0 Å². The molecule has 1 fully saturated rings. The van der Waals surface area contributed by atoms with E-state index in [1.807, 2.05) is 23.5 Å². The van der Waals surface area contributed by atoms with Gasteiger partial charge in [0.2, 0.25) is 0 Å². The van der Waals surface area contributed by atoms with Crippen molar-refractivity contribution in [2.75, 3.05) is 11.5 Å². The fourth-order valence-electron chi connectivity index (χ4n) is 0.645. The van der Waals surface area contributed by atoms with Gasteiger partial charge in [0.05, 0.1) is 4.58 Å². The molecule has 0 spiro atoms. The van der Waals surface area contributed by atoms with Gasteiger partial charge in [-0.3, -0.25) is 0 Å². The van der Waals surface area contributed by atoms with Crippen molar-refractivity contribution < 1.29 is 0 Å². The maximum absolute atomic E-state index is 2.27. The largest absolute Gasteiger partial charge is 0.143 e. The van der Waals surface area contributed by atoms with Crippen molar-refractivity contribution in [3.05, 3.63) is 12.2 Å². The Labute approximate surface area is 59.1 Å². The van der Waals surface area contributed by atoms with Crippen LogP contribution in [0.25, 0.3) is 0 Å². The van der Waals surface area contributed by atoms with E-state index in [9.17, 15) is 0 Å². The van der Waals surface area contributed by atoms with E-state index in [0.29, 0.717) is 0 Å². The van der Waals surface area contributed by atoms with E-state index in [0.717, 1.165) is 4.58 Å². The molecule has 0 atom stereocenters. The van der Waals surface area contributed by atoms with Gasteiger partial charge in [-0.1, -0.05) is 12.2 Å². The minimum atomic E-state index is 0.764. The Morgan fingerprint density at radius 1 is 1.38 bits per heavy atom. The van der Waals surface area contributed by atoms with E-state index in [1.54, 1.807) is 0 Å². The van der Waals surface area contributed by atoms with E-state index in [4.69, 9.17) is 0 Å². The summed E-state index contributed by atoms with van der Waals surface area (Å²) in [5.74, 6) is 2.67. The highest BCUT2D eigenvalue weighted by Gasteiger charge is 2.10. The average molecular weight is 146 g/mol. The van der Waals surface area contributed by atoms with Crippen LogP contribution in [-0.2, 0) is 0 Å². The summed E-state index contributed by atoms with van der Waals surface area (Å²) in [5.41, 5.74) is 0. The fourth-order valence-corrected chi connectivity index (χ4v) is 3.38. The first-order valence-electron chi connectivity index (χ1n) is 2.79. The van der Waals surface area contributed by atoms with Crippen LogP contribution in [0.1, 0.15) is 6.92 Å². The zero-order valence-electron chi connectivity index (χ0n) is 4.96. The number of thioether (sulfide) groups is 2. The molecule has 0 bridgehead atoms. The molecule has 1 saturated heterocycles. The molecule has 0 aliphatic carbocycles. The molecule has 2 heteroatoms. The molecular weight excluding hydrogens is 136 g/mol. The number of allylic oxidation sites excluding steroid dienone is 1. The second kappa shape index (κ2) is 3.46. The van der Waals surface area contributed by atoms with Gasteiger partial charge in [0.1, 0.15) is 0 Å². The maximum atomic E-state index is 2.27. The minimum Gasteiger partial charge on any atom is -0.143 e. The third-order valence-corrected chi connectivity index (χ3v) is 3.92. The summed E-state index contributed by atoms with van der Waals surface area (Å²) >= 11 is 4.09. The molecule has 0 amide bonds. The number of hydrogen-bond donors (Lipinski definition) is 0. The molecule has 0 saturated carbocycles. The molecule has 0 radical (unpaired) electrons. The molecule has 1 aliphatic heterocycles. The third-order valence-electron chi connectivity index (χ3n) is 0.997. The van der Waals surface area contributed by atoms with Gasteiger partial charge in [-0.15, -0.1) is 23.5 Å². The molecule has 0 nitrogen and oxygen atoms in total. The molecular formula is C6H10S2. The molecule has 1 rings (SSSR count). The van der Waals surface area contributed by atoms with E-state index in [1.165, 1.54) is 11.5 Å². The lowest BCUT2D eigenvalue weighted by atomic mass is 10.6. The van der Waals surface area contributed by atoms with Crippen molar-refractivity contribution >= 4 is 23.5 Å². The van der Waals surface area contributed by atoms with Gasteiger partial charge >= 0.3 is 0 Å². The maximum Gasteiger partial charge on any atom is 0.0682 e. The Bertz CT molecular complexity index is 82.5. The first-order chi connectivity index (χ1) is 3.93. The van der Waals surface area contributed by atoms with Gasteiger partial charge in [-0.2, -0.15) is 0 Å². The Kier molecular flexibility index (Phi) is 2.84. The molecule has 0 aromatic rings. The highest BCUT2D eigenvalue weighted by molar-refractivity contribution is 8.20. The fraction of sp³-hybridized carbons (Fsp3) is 0.667. The lowest BCUT2D eigenvalue weighted by Crippen LogP contribution is -1.80. The lowest BCUT2D eigenvalue weighted by Gasteiger charge is -1.95.